The van der Waals surface area contributed by atoms with Gasteiger partial charge in [0.15, 0.2) is 0 Å². The van der Waals surface area contributed by atoms with Gasteiger partial charge in [-0.15, -0.1) is 0 Å². The average Bonchev–Trinajstić information content (AvgIpc) is 3.37. The number of aryl methyl sites for hydroxylation is 2. The van der Waals surface area contributed by atoms with Crippen molar-refractivity contribution >= 4 is 11.6 Å². The van der Waals surface area contributed by atoms with Crippen molar-refractivity contribution in [1.29, 1.82) is 0 Å². The fourth-order valence-electron chi connectivity index (χ4n) is 4.27. The van der Waals surface area contributed by atoms with E-state index in [0.29, 0.717) is 31.6 Å². The van der Waals surface area contributed by atoms with Gasteiger partial charge in [-0.05, 0) is 63.8 Å². The summed E-state index contributed by atoms with van der Waals surface area (Å²) in [7, 11) is 0. The van der Waals surface area contributed by atoms with Gasteiger partial charge in [0, 0.05) is 36.9 Å². The van der Waals surface area contributed by atoms with E-state index in [4.69, 9.17) is 14.0 Å². The van der Waals surface area contributed by atoms with Gasteiger partial charge in [0.2, 0.25) is 5.91 Å². The van der Waals surface area contributed by atoms with Gasteiger partial charge in [-0.3, -0.25) is 4.79 Å². The van der Waals surface area contributed by atoms with Crippen molar-refractivity contribution in [2.24, 2.45) is 5.92 Å². The Morgan fingerprint density at radius 3 is 2.90 bits per heavy atom. The number of amides is 1. The maximum atomic E-state index is 12.5. The topological polar surface area (TPSA) is 85.6 Å². The number of anilines is 1. The van der Waals surface area contributed by atoms with E-state index in [9.17, 15) is 4.79 Å². The summed E-state index contributed by atoms with van der Waals surface area (Å²) in [5, 5.41) is 10.6. The van der Waals surface area contributed by atoms with Crippen LogP contribution >= 0.6 is 0 Å². The first-order chi connectivity index (χ1) is 14.6. The third kappa shape index (κ3) is 5.02. The minimum absolute atomic E-state index is 0.00952. The summed E-state index contributed by atoms with van der Waals surface area (Å²) in [6.07, 6.45) is 5.00. The Balaban J connectivity index is 1.52. The van der Waals surface area contributed by atoms with Crippen molar-refractivity contribution in [2.45, 2.75) is 52.0 Å². The van der Waals surface area contributed by atoms with Gasteiger partial charge < -0.3 is 24.6 Å². The van der Waals surface area contributed by atoms with Crippen molar-refractivity contribution < 1.29 is 18.8 Å². The second-order valence-electron chi connectivity index (χ2n) is 8.35. The zero-order valence-electron chi connectivity index (χ0n) is 17.8. The summed E-state index contributed by atoms with van der Waals surface area (Å²) in [6, 6.07) is 6.15. The Bertz CT molecular complexity index is 848. The Morgan fingerprint density at radius 1 is 1.30 bits per heavy atom. The molecule has 0 unspecified atom stereocenters. The quantitative estimate of drug-likeness (QED) is 0.717. The summed E-state index contributed by atoms with van der Waals surface area (Å²) >= 11 is 0. The highest BCUT2D eigenvalue weighted by molar-refractivity contribution is 5.92. The van der Waals surface area contributed by atoms with Crippen LogP contribution in [0, 0.1) is 19.8 Å². The first-order valence-electron chi connectivity index (χ1n) is 10.9. The van der Waals surface area contributed by atoms with Crippen LogP contribution in [-0.4, -0.2) is 43.5 Å². The largest absolute Gasteiger partial charge is 0.491 e. The number of carbonyl (C=O) groups is 1. The van der Waals surface area contributed by atoms with E-state index in [1.165, 1.54) is 12.8 Å². The van der Waals surface area contributed by atoms with Crippen LogP contribution in [0.5, 0.6) is 5.75 Å². The maximum Gasteiger partial charge on any atom is 0.224 e. The second-order valence-corrected chi connectivity index (χ2v) is 8.35. The molecule has 1 amide bonds. The van der Waals surface area contributed by atoms with Gasteiger partial charge in [0.25, 0.3) is 0 Å². The van der Waals surface area contributed by atoms with Crippen molar-refractivity contribution in [3.8, 4) is 16.9 Å². The lowest BCUT2D eigenvalue weighted by Crippen LogP contribution is -2.38. The molecule has 2 fully saturated rings. The number of rotatable bonds is 7. The first-order valence-corrected chi connectivity index (χ1v) is 10.9. The molecule has 0 bridgehead atoms. The number of benzene rings is 1. The Morgan fingerprint density at radius 2 is 2.20 bits per heavy atom. The normalized spacial score (nSPS) is 21.5. The Kier molecular flexibility index (Phi) is 6.69. The van der Waals surface area contributed by atoms with Crippen molar-refractivity contribution in [3.05, 3.63) is 29.7 Å². The standard InChI is InChI=1S/C23H31N3O4/c1-15-23(16(2)30-26-15)20-12-18(25-22(27)11-17-8-10-28-13-17)6-7-21(20)29-14-19-5-3-4-9-24-19/h6-7,12,17,19,24H,3-5,8-11,13-14H2,1-2H3,(H,25,27)/t17-,19+/m0/s1. The molecule has 7 nitrogen and oxygen atoms in total. The van der Waals surface area contributed by atoms with Gasteiger partial charge in [0.1, 0.15) is 18.1 Å². The molecule has 0 aliphatic carbocycles. The number of piperidine rings is 1. The van der Waals surface area contributed by atoms with Gasteiger partial charge in [-0.1, -0.05) is 11.6 Å². The SMILES string of the molecule is Cc1noc(C)c1-c1cc(NC(=O)C[C@@H]2CCOC2)ccc1OC[C@H]1CCCCN1. The molecular formula is C23H31N3O4. The molecule has 2 aliphatic rings. The van der Waals surface area contributed by atoms with Crippen LogP contribution in [0.4, 0.5) is 5.69 Å². The summed E-state index contributed by atoms with van der Waals surface area (Å²) in [5.74, 6) is 1.83. The molecule has 162 valence electrons. The molecule has 0 saturated carbocycles. The zero-order chi connectivity index (χ0) is 20.9. The van der Waals surface area contributed by atoms with E-state index in [2.05, 4.69) is 15.8 Å². The number of ether oxygens (including phenoxy) is 2. The molecule has 2 atom stereocenters. The number of hydrogen-bond acceptors (Lipinski definition) is 6. The van der Waals surface area contributed by atoms with Gasteiger partial charge >= 0.3 is 0 Å². The highest BCUT2D eigenvalue weighted by atomic mass is 16.5. The third-order valence-electron chi connectivity index (χ3n) is 5.92. The van der Waals surface area contributed by atoms with Gasteiger partial charge in [-0.2, -0.15) is 0 Å². The lowest BCUT2D eigenvalue weighted by Gasteiger charge is -2.24. The minimum atomic E-state index is 0.00952. The Hall–Kier alpha value is -2.38. The molecule has 1 aromatic heterocycles. The molecule has 7 heteroatoms. The molecule has 0 spiro atoms. The molecule has 2 saturated heterocycles. The predicted octanol–water partition coefficient (Wildman–Crippen LogP) is 3.84. The first kappa shape index (κ1) is 20.9. The zero-order valence-corrected chi connectivity index (χ0v) is 17.8. The second kappa shape index (κ2) is 9.62. The molecule has 2 aromatic rings. The molecule has 0 radical (unpaired) electrons. The number of nitrogens with zero attached hydrogens (tertiary/aromatic N) is 1. The van der Waals surface area contributed by atoms with Crippen LogP contribution in [0.2, 0.25) is 0 Å². The molecular weight excluding hydrogens is 382 g/mol. The molecule has 2 N–H and O–H groups in total. The third-order valence-corrected chi connectivity index (χ3v) is 5.92. The number of carbonyl (C=O) groups excluding carboxylic acids is 1. The number of aromatic nitrogens is 1. The molecule has 1 aromatic carbocycles. The summed E-state index contributed by atoms with van der Waals surface area (Å²) in [5.41, 5.74) is 3.36. The molecule has 30 heavy (non-hydrogen) atoms. The van der Waals surface area contributed by atoms with E-state index in [-0.39, 0.29) is 5.91 Å². The molecule has 4 rings (SSSR count). The Labute approximate surface area is 177 Å². The van der Waals surface area contributed by atoms with E-state index in [1.807, 2.05) is 32.0 Å². The highest BCUT2D eigenvalue weighted by Gasteiger charge is 2.21. The lowest BCUT2D eigenvalue weighted by atomic mass is 10.0. The summed E-state index contributed by atoms with van der Waals surface area (Å²) in [6.45, 7) is 6.89. The van der Waals surface area contributed by atoms with Crippen molar-refractivity contribution in [1.82, 2.24) is 10.5 Å². The van der Waals surface area contributed by atoms with Crippen LogP contribution in [0.1, 0.15) is 43.6 Å². The van der Waals surface area contributed by atoms with Crippen LogP contribution in [0.15, 0.2) is 22.7 Å². The highest BCUT2D eigenvalue weighted by Crippen LogP contribution is 2.37. The molecule has 2 aliphatic heterocycles. The van der Waals surface area contributed by atoms with Crippen molar-refractivity contribution in [3.63, 3.8) is 0 Å². The average molecular weight is 414 g/mol. The van der Waals surface area contributed by atoms with E-state index >= 15 is 0 Å². The fraction of sp³-hybridized carbons (Fsp3) is 0.565. The van der Waals surface area contributed by atoms with Crippen molar-refractivity contribution in [2.75, 3.05) is 31.7 Å². The predicted molar refractivity (Wildman–Crippen MR) is 115 cm³/mol. The van der Waals surface area contributed by atoms with E-state index < -0.39 is 0 Å². The summed E-state index contributed by atoms with van der Waals surface area (Å²) < 4.78 is 17.0. The minimum Gasteiger partial charge on any atom is -0.491 e. The van der Waals surface area contributed by atoms with Crippen LogP contribution in [0.3, 0.4) is 0 Å². The van der Waals surface area contributed by atoms with Crippen LogP contribution < -0.4 is 15.4 Å². The van der Waals surface area contributed by atoms with Gasteiger partial charge in [0.05, 0.1) is 11.3 Å². The smallest absolute Gasteiger partial charge is 0.224 e. The monoisotopic (exact) mass is 413 g/mol. The number of hydrogen-bond donors (Lipinski definition) is 2. The number of nitrogens with one attached hydrogen (secondary N) is 2. The van der Waals surface area contributed by atoms with Gasteiger partial charge in [-0.25, -0.2) is 0 Å². The van der Waals surface area contributed by atoms with E-state index in [1.54, 1.807) is 0 Å². The summed E-state index contributed by atoms with van der Waals surface area (Å²) in [4.78, 5) is 12.5. The molecule has 3 heterocycles. The fourth-order valence-corrected chi connectivity index (χ4v) is 4.27. The maximum absolute atomic E-state index is 12.5. The lowest BCUT2D eigenvalue weighted by molar-refractivity contribution is -0.117. The van der Waals surface area contributed by atoms with Crippen LogP contribution in [-0.2, 0) is 9.53 Å². The van der Waals surface area contributed by atoms with E-state index in [0.717, 1.165) is 60.0 Å². The van der Waals surface area contributed by atoms with Crippen LogP contribution in [0.25, 0.3) is 11.1 Å².